The van der Waals surface area contributed by atoms with Crippen molar-refractivity contribution >= 4 is 17.2 Å². The van der Waals surface area contributed by atoms with Crippen molar-refractivity contribution in [2.24, 2.45) is 7.05 Å². The van der Waals surface area contributed by atoms with E-state index in [1.807, 2.05) is 0 Å². The van der Waals surface area contributed by atoms with Gasteiger partial charge in [0.05, 0.1) is 23.0 Å². The monoisotopic (exact) mass is 409 g/mol. The van der Waals surface area contributed by atoms with E-state index in [9.17, 15) is 22.4 Å². The first kappa shape index (κ1) is 21.3. The van der Waals surface area contributed by atoms with Crippen LogP contribution in [0.5, 0.6) is 0 Å². The van der Waals surface area contributed by atoms with E-state index >= 15 is 0 Å². The van der Waals surface area contributed by atoms with Crippen LogP contribution in [0.15, 0.2) is 18.2 Å². The van der Waals surface area contributed by atoms with Crippen LogP contribution >= 0.6 is 11.3 Å². The molecule has 0 aliphatic rings. The number of aromatic nitrogens is 2. The van der Waals surface area contributed by atoms with Gasteiger partial charge in [0, 0.05) is 27.2 Å². The quantitative estimate of drug-likeness (QED) is 0.472. The van der Waals surface area contributed by atoms with Gasteiger partial charge >= 0.3 is 6.18 Å². The highest BCUT2D eigenvalue weighted by Crippen LogP contribution is 2.34. The number of nitrogens with zero attached hydrogens (tertiary/aromatic N) is 3. The Labute approximate surface area is 157 Å². The predicted molar refractivity (Wildman–Crippen MR) is 91.2 cm³/mol. The van der Waals surface area contributed by atoms with Crippen LogP contribution in [0.2, 0.25) is 0 Å². The Hall–Kier alpha value is -1.98. The molecule has 0 saturated heterocycles. The van der Waals surface area contributed by atoms with Gasteiger partial charge in [-0.2, -0.15) is 18.3 Å². The summed E-state index contributed by atoms with van der Waals surface area (Å²) in [7, 11) is 2.70. The van der Waals surface area contributed by atoms with E-state index in [-0.39, 0.29) is 37.9 Å². The van der Waals surface area contributed by atoms with Crippen molar-refractivity contribution in [2.45, 2.75) is 6.18 Å². The largest absolute Gasteiger partial charge is 0.433 e. The zero-order chi connectivity index (χ0) is 20.0. The molecule has 2 aromatic rings. The van der Waals surface area contributed by atoms with Crippen LogP contribution in [-0.4, -0.2) is 60.9 Å². The summed E-state index contributed by atoms with van der Waals surface area (Å²) in [4.78, 5) is 14.9. The van der Waals surface area contributed by atoms with Crippen molar-refractivity contribution in [3.05, 3.63) is 28.8 Å². The number of thiophene rings is 1. The Kier molecular flexibility index (Phi) is 7.33. The van der Waals surface area contributed by atoms with Gasteiger partial charge in [0.25, 0.3) is 5.91 Å². The molecular weight excluding hydrogens is 390 g/mol. The van der Waals surface area contributed by atoms with E-state index in [0.717, 1.165) is 22.1 Å². The van der Waals surface area contributed by atoms with Gasteiger partial charge in [0.1, 0.15) is 11.4 Å². The van der Waals surface area contributed by atoms with E-state index in [0.29, 0.717) is 9.75 Å². The summed E-state index contributed by atoms with van der Waals surface area (Å²) >= 11 is 1.04. The second-order valence-electron chi connectivity index (χ2n) is 5.50. The molecule has 0 N–H and O–H groups in total. The third-order valence-electron chi connectivity index (χ3n) is 3.67. The molecule has 6 nitrogen and oxygen atoms in total. The van der Waals surface area contributed by atoms with Gasteiger partial charge in [-0.25, -0.2) is 4.39 Å². The minimum absolute atomic E-state index is 0.0272. The molecule has 0 atom stereocenters. The van der Waals surface area contributed by atoms with Gasteiger partial charge in [-0.1, -0.05) is 0 Å². The standard InChI is InChI=1S/C16H19F4N3O3S/c1-22-14(16(18,19)20)9-11(21-22)12-3-4-13(27-12)15(24)23(5-7-25-2)6-8-26-10-17/h3-4,9H,5-8,10H2,1-2H3. The first-order valence-electron chi connectivity index (χ1n) is 7.91. The number of rotatable bonds is 9. The number of aryl methyl sites for hydroxylation is 1. The molecule has 0 bridgehead atoms. The van der Waals surface area contributed by atoms with Crippen molar-refractivity contribution in [1.29, 1.82) is 0 Å². The number of hydrogen-bond acceptors (Lipinski definition) is 5. The first-order chi connectivity index (χ1) is 12.8. The van der Waals surface area contributed by atoms with Gasteiger partial charge in [-0.3, -0.25) is 9.48 Å². The summed E-state index contributed by atoms with van der Waals surface area (Å²) < 4.78 is 61.2. The van der Waals surface area contributed by atoms with Crippen LogP contribution in [0.3, 0.4) is 0 Å². The van der Waals surface area contributed by atoms with Crippen molar-refractivity contribution in [3.63, 3.8) is 0 Å². The Morgan fingerprint density at radius 2 is 2.00 bits per heavy atom. The number of carbonyl (C=O) groups is 1. The van der Waals surface area contributed by atoms with Crippen LogP contribution in [0, 0.1) is 0 Å². The highest BCUT2D eigenvalue weighted by molar-refractivity contribution is 7.17. The van der Waals surface area contributed by atoms with Crippen molar-refractivity contribution < 1.29 is 31.8 Å². The average Bonchev–Trinajstić information content (AvgIpc) is 3.23. The summed E-state index contributed by atoms with van der Waals surface area (Å²) in [6.45, 7) is -0.188. The number of alkyl halides is 4. The third kappa shape index (κ3) is 5.50. The topological polar surface area (TPSA) is 56.6 Å². The van der Waals surface area contributed by atoms with Crippen LogP contribution < -0.4 is 0 Å². The maximum Gasteiger partial charge on any atom is 0.433 e. The summed E-state index contributed by atoms with van der Waals surface area (Å²) in [6, 6.07) is 4.02. The molecule has 0 aromatic carbocycles. The molecule has 0 aliphatic heterocycles. The fourth-order valence-corrected chi connectivity index (χ4v) is 3.27. The zero-order valence-electron chi connectivity index (χ0n) is 14.8. The molecule has 0 saturated carbocycles. The predicted octanol–water partition coefficient (Wildman–Crippen LogP) is 3.20. The molecule has 2 heterocycles. The summed E-state index contributed by atoms with van der Waals surface area (Å²) in [5, 5.41) is 3.88. The van der Waals surface area contributed by atoms with Gasteiger partial charge in [-0.15, -0.1) is 11.3 Å². The second-order valence-corrected chi connectivity index (χ2v) is 6.59. The van der Waals surface area contributed by atoms with E-state index in [4.69, 9.17) is 4.74 Å². The number of ether oxygens (including phenoxy) is 2. The molecule has 2 aromatic heterocycles. The van der Waals surface area contributed by atoms with Crippen molar-refractivity contribution in [3.8, 4) is 10.6 Å². The Morgan fingerprint density at radius 3 is 2.59 bits per heavy atom. The molecule has 0 fully saturated rings. The molecule has 0 radical (unpaired) electrons. The average molecular weight is 409 g/mol. The van der Waals surface area contributed by atoms with Crippen LogP contribution in [0.25, 0.3) is 10.6 Å². The lowest BCUT2D eigenvalue weighted by Gasteiger charge is -2.21. The lowest BCUT2D eigenvalue weighted by Crippen LogP contribution is -2.36. The van der Waals surface area contributed by atoms with Gasteiger partial charge in [0.2, 0.25) is 0 Å². The fourth-order valence-electron chi connectivity index (χ4n) is 2.34. The molecule has 0 spiro atoms. The minimum atomic E-state index is -4.51. The maximum atomic E-state index is 12.9. The lowest BCUT2D eigenvalue weighted by molar-refractivity contribution is -0.143. The highest BCUT2D eigenvalue weighted by atomic mass is 32.1. The number of methoxy groups -OCH3 is 1. The molecule has 27 heavy (non-hydrogen) atoms. The molecule has 2 rings (SSSR count). The van der Waals surface area contributed by atoms with E-state index in [2.05, 4.69) is 9.84 Å². The van der Waals surface area contributed by atoms with E-state index in [1.54, 1.807) is 6.07 Å². The Bertz CT molecular complexity index is 760. The SMILES string of the molecule is COCCN(CCOCF)C(=O)c1ccc(-c2cc(C(F)(F)F)n(C)n2)s1. The highest BCUT2D eigenvalue weighted by Gasteiger charge is 2.35. The molecule has 1 amide bonds. The number of halogens is 4. The number of carbonyl (C=O) groups excluding carboxylic acids is 1. The van der Waals surface area contributed by atoms with E-state index < -0.39 is 18.7 Å². The summed E-state index contributed by atoms with van der Waals surface area (Å²) in [6.07, 6.45) is -4.51. The molecule has 0 unspecified atom stereocenters. The van der Waals surface area contributed by atoms with Crippen molar-refractivity contribution in [2.75, 3.05) is 40.3 Å². The second kappa shape index (κ2) is 9.29. The third-order valence-corrected chi connectivity index (χ3v) is 4.77. The number of amides is 1. The molecule has 150 valence electrons. The van der Waals surface area contributed by atoms with Crippen LogP contribution in [0.1, 0.15) is 15.4 Å². The first-order valence-corrected chi connectivity index (χ1v) is 8.73. The molecule has 0 aliphatic carbocycles. The van der Waals surface area contributed by atoms with E-state index in [1.165, 1.54) is 25.1 Å². The molecular formula is C16H19F4N3O3S. The van der Waals surface area contributed by atoms with Gasteiger partial charge in [-0.05, 0) is 18.2 Å². The maximum absolute atomic E-state index is 12.9. The lowest BCUT2D eigenvalue weighted by atomic mass is 10.3. The number of hydrogen-bond donors (Lipinski definition) is 0. The Morgan fingerprint density at radius 1 is 1.30 bits per heavy atom. The van der Waals surface area contributed by atoms with Gasteiger partial charge in [0.15, 0.2) is 6.86 Å². The summed E-state index contributed by atoms with van der Waals surface area (Å²) in [5.74, 6) is -0.335. The molecule has 11 heteroatoms. The Balaban J connectivity index is 2.18. The van der Waals surface area contributed by atoms with Crippen LogP contribution in [0.4, 0.5) is 17.6 Å². The zero-order valence-corrected chi connectivity index (χ0v) is 15.6. The fraction of sp³-hybridized carbons (Fsp3) is 0.500. The van der Waals surface area contributed by atoms with Crippen molar-refractivity contribution in [1.82, 2.24) is 14.7 Å². The summed E-state index contributed by atoms with van der Waals surface area (Å²) in [5.41, 5.74) is -0.734. The van der Waals surface area contributed by atoms with Crippen LogP contribution in [-0.2, 0) is 22.7 Å². The minimum Gasteiger partial charge on any atom is -0.383 e. The normalized spacial score (nSPS) is 11.8. The smallest absolute Gasteiger partial charge is 0.383 e. The van der Waals surface area contributed by atoms with Gasteiger partial charge < -0.3 is 14.4 Å².